The second-order valence-electron chi connectivity index (χ2n) is 11.2. The van der Waals surface area contributed by atoms with Gasteiger partial charge in [-0.3, -0.25) is 9.05 Å². The largest absolute Gasteiger partial charge is 0.511 e. The van der Waals surface area contributed by atoms with E-state index in [1.807, 2.05) is 43.3 Å². The normalized spacial score (nSPS) is 13.0. The van der Waals surface area contributed by atoms with Crippen molar-refractivity contribution in [3.8, 4) is 5.75 Å². The summed E-state index contributed by atoms with van der Waals surface area (Å²) in [5.74, 6) is 0.455. The lowest BCUT2D eigenvalue weighted by Gasteiger charge is -2.17. The summed E-state index contributed by atoms with van der Waals surface area (Å²) in [6, 6.07) is 13.4. The Morgan fingerprint density at radius 3 is 1.67 bits per heavy atom. The highest BCUT2D eigenvalue weighted by Gasteiger charge is 2.29. The Morgan fingerprint density at radius 1 is 0.535 bits per heavy atom. The molecule has 0 fully saturated rings. The van der Waals surface area contributed by atoms with E-state index in [0.29, 0.717) is 25.6 Å². The Balaban J connectivity index is 1.58. The zero-order valence-corrected chi connectivity index (χ0v) is 28.0. The molecule has 8 heteroatoms. The number of ether oxygens (including phenoxy) is 2. The van der Waals surface area contributed by atoms with E-state index >= 15 is 0 Å². The van der Waals surface area contributed by atoms with E-state index in [1.165, 1.54) is 89.9 Å². The summed E-state index contributed by atoms with van der Waals surface area (Å²) in [7, 11) is -3.95. The van der Waals surface area contributed by atoms with E-state index in [-0.39, 0.29) is 19.8 Å². The molecule has 7 nitrogen and oxygen atoms in total. The quantitative estimate of drug-likeness (QED) is 0.0371. The molecule has 0 aliphatic heterocycles. The molecule has 0 spiro atoms. The summed E-state index contributed by atoms with van der Waals surface area (Å²) in [4.78, 5) is 5.51. The Labute approximate surface area is 261 Å². The molecular formula is C35H59O7P. The van der Waals surface area contributed by atoms with Crippen LogP contribution in [0.25, 0.3) is 10.8 Å². The Morgan fingerprint density at radius 2 is 1.05 bits per heavy atom. The van der Waals surface area contributed by atoms with Crippen LogP contribution in [0.3, 0.4) is 0 Å². The third-order valence-corrected chi connectivity index (χ3v) is 8.77. The highest BCUT2D eigenvalue weighted by atomic mass is 31.2. The molecule has 1 unspecified atom stereocenters. The van der Waals surface area contributed by atoms with Gasteiger partial charge in [0, 0.05) is 12.0 Å². The fourth-order valence-electron chi connectivity index (χ4n) is 5.01. The van der Waals surface area contributed by atoms with Gasteiger partial charge in [0.15, 0.2) is 5.75 Å². The molecule has 2 aromatic carbocycles. The number of hydrogen-bond donors (Lipinski definition) is 0. The maximum Gasteiger partial charge on any atom is 0.511 e. The van der Waals surface area contributed by atoms with Crippen LogP contribution in [0.2, 0.25) is 0 Å². The zero-order chi connectivity index (χ0) is 30.7. The van der Waals surface area contributed by atoms with Crippen LogP contribution in [-0.2, 0) is 27.8 Å². The maximum absolute atomic E-state index is 13.4. The smallest absolute Gasteiger partial charge is 0.379 e. The topological polar surface area (TPSA) is 72.5 Å². The highest BCUT2D eigenvalue weighted by molar-refractivity contribution is 7.48. The van der Waals surface area contributed by atoms with Crippen molar-refractivity contribution in [3.05, 3.63) is 42.5 Å². The third kappa shape index (κ3) is 18.8. The van der Waals surface area contributed by atoms with Gasteiger partial charge in [-0.25, -0.2) is 4.57 Å². The van der Waals surface area contributed by atoms with Crippen LogP contribution in [0.15, 0.2) is 42.5 Å². The van der Waals surface area contributed by atoms with Crippen LogP contribution in [0.5, 0.6) is 5.75 Å². The molecule has 2 rings (SSSR count). The van der Waals surface area contributed by atoms with Gasteiger partial charge in [-0.2, -0.15) is 0 Å². The lowest BCUT2D eigenvalue weighted by Crippen LogP contribution is -2.11. The van der Waals surface area contributed by atoms with Crippen molar-refractivity contribution in [1.82, 2.24) is 0 Å². The van der Waals surface area contributed by atoms with Crippen molar-refractivity contribution >= 4 is 18.6 Å². The van der Waals surface area contributed by atoms with Crippen molar-refractivity contribution in [3.63, 3.8) is 0 Å². The summed E-state index contributed by atoms with van der Waals surface area (Å²) in [5, 5.41) is 1.84. The van der Waals surface area contributed by atoms with Gasteiger partial charge in [0.05, 0.1) is 33.0 Å². The number of phosphoric acid groups is 1. The van der Waals surface area contributed by atoms with Gasteiger partial charge in [0.2, 0.25) is 0 Å². The van der Waals surface area contributed by atoms with Crippen molar-refractivity contribution in [2.45, 2.75) is 123 Å². The molecule has 2 aromatic rings. The van der Waals surface area contributed by atoms with E-state index in [0.717, 1.165) is 30.0 Å². The first kappa shape index (κ1) is 37.7. The molecule has 0 saturated carbocycles. The van der Waals surface area contributed by atoms with Gasteiger partial charge in [-0.15, -0.1) is 0 Å². The molecule has 43 heavy (non-hydrogen) atoms. The fourth-order valence-corrected chi connectivity index (χ4v) is 5.99. The molecule has 0 heterocycles. The first-order valence-electron chi connectivity index (χ1n) is 17.1. The SMILES string of the molecule is CCCCCCCCCCCCCCCCCCCOP(=O)(OCCOCCOCC)OOc1cccc2ccccc12. The molecular weight excluding hydrogens is 563 g/mol. The second kappa shape index (κ2) is 25.8. The molecule has 0 radical (unpaired) electrons. The van der Waals surface area contributed by atoms with Gasteiger partial charge in [0.1, 0.15) is 0 Å². The second-order valence-corrected chi connectivity index (χ2v) is 12.8. The standard InChI is InChI=1S/C35H59O7P/c1-3-5-6-7-8-9-10-11-12-13-14-15-16-17-18-19-22-28-39-43(36,40-32-31-38-30-29-37-4-2)42-41-35-27-23-25-33-24-20-21-26-34(33)35/h20-21,23-27H,3-19,22,28-32H2,1-2H3. The Kier molecular flexibility index (Phi) is 22.6. The van der Waals surface area contributed by atoms with Gasteiger partial charge >= 0.3 is 7.82 Å². The molecule has 0 aliphatic rings. The Bertz CT molecular complexity index is 965. The van der Waals surface area contributed by atoms with Gasteiger partial charge in [-0.05, 0) is 24.8 Å². The van der Waals surface area contributed by atoms with E-state index in [2.05, 4.69) is 6.92 Å². The lowest BCUT2D eigenvalue weighted by molar-refractivity contribution is -0.132. The summed E-state index contributed by atoms with van der Waals surface area (Å²) in [5.41, 5.74) is 0. The number of rotatable bonds is 30. The highest BCUT2D eigenvalue weighted by Crippen LogP contribution is 2.50. The van der Waals surface area contributed by atoms with Crippen LogP contribution < -0.4 is 4.89 Å². The van der Waals surface area contributed by atoms with E-state index < -0.39 is 7.82 Å². The first-order chi connectivity index (χ1) is 21.2. The Hall–Kier alpha value is -1.47. The zero-order valence-electron chi connectivity index (χ0n) is 27.1. The van der Waals surface area contributed by atoms with Crippen molar-refractivity contribution < 1.29 is 32.6 Å². The van der Waals surface area contributed by atoms with Gasteiger partial charge < -0.3 is 14.4 Å². The van der Waals surface area contributed by atoms with Gasteiger partial charge in [0.25, 0.3) is 0 Å². The summed E-state index contributed by atoms with van der Waals surface area (Å²) >= 11 is 0. The summed E-state index contributed by atoms with van der Waals surface area (Å²) in [6.45, 7) is 6.38. The van der Waals surface area contributed by atoms with Crippen LogP contribution in [0.4, 0.5) is 0 Å². The average Bonchev–Trinajstić information content (AvgIpc) is 3.03. The third-order valence-electron chi connectivity index (χ3n) is 7.52. The van der Waals surface area contributed by atoms with Crippen LogP contribution in [0, 0.1) is 0 Å². The molecule has 0 bridgehead atoms. The van der Waals surface area contributed by atoms with E-state index in [4.69, 9.17) is 28.1 Å². The minimum absolute atomic E-state index is 0.0569. The molecule has 0 aromatic heterocycles. The van der Waals surface area contributed by atoms with Crippen LogP contribution >= 0.6 is 7.82 Å². The molecule has 0 saturated heterocycles. The van der Waals surface area contributed by atoms with E-state index in [9.17, 15) is 4.57 Å². The monoisotopic (exact) mass is 622 g/mol. The van der Waals surface area contributed by atoms with Crippen LogP contribution in [0.1, 0.15) is 123 Å². The average molecular weight is 623 g/mol. The number of unbranched alkanes of at least 4 members (excludes halogenated alkanes) is 16. The minimum atomic E-state index is -3.95. The molecule has 0 N–H and O–H groups in total. The number of fused-ring (bicyclic) bond motifs is 1. The number of hydrogen-bond acceptors (Lipinski definition) is 7. The molecule has 0 aliphatic carbocycles. The first-order valence-corrected chi connectivity index (χ1v) is 18.5. The molecule has 0 amide bonds. The molecule has 246 valence electrons. The predicted molar refractivity (Wildman–Crippen MR) is 177 cm³/mol. The minimum Gasteiger partial charge on any atom is -0.379 e. The number of phosphoric ester groups is 1. The lowest BCUT2D eigenvalue weighted by atomic mass is 10.0. The molecule has 1 atom stereocenters. The number of benzene rings is 2. The van der Waals surface area contributed by atoms with E-state index in [1.54, 1.807) is 6.07 Å². The predicted octanol–water partition coefficient (Wildman–Crippen LogP) is 11.0. The summed E-state index contributed by atoms with van der Waals surface area (Å²) < 4.78 is 40.6. The maximum atomic E-state index is 13.4. The van der Waals surface area contributed by atoms with Crippen molar-refractivity contribution in [1.29, 1.82) is 0 Å². The van der Waals surface area contributed by atoms with Crippen LogP contribution in [-0.4, -0.2) is 39.6 Å². The fraction of sp³-hybridized carbons (Fsp3) is 0.714. The van der Waals surface area contributed by atoms with Gasteiger partial charge in [-0.1, -0.05) is 151 Å². The van der Waals surface area contributed by atoms with Crippen molar-refractivity contribution in [2.75, 3.05) is 39.6 Å². The summed E-state index contributed by atoms with van der Waals surface area (Å²) in [6.07, 6.45) is 22.1. The van der Waals surface area contributed by atoms with Crippen molar-refractivity contribution in [2.24, 2.45) is 0 Å².